The van der Waals surface area contributed by atoms with E-state index < -0.39 is 5.60 Å². The highest BCUT2D eigenvalue weighted by atomic mass is 32.2. The summed E-state index contributed by atoms with van der Waals surface area (Å²) in [4.78, 5) is 4.79. The van der Waals surface area contributed by atoms with Crippen LogP contribution in [0.25, 0.3) is 28.0 Å². The fourth-order valence-corrected chi connectivity index (χ4v) is 12.5. The number of aryl methyl sites for hydroxylation is 2. The molecule has 62 heavy (non-hydrogen) atoms. The molecule has 1 atom stereocenters. The van der Waals surface area contributed by atoms with E-state index in [-0.39, 0.29) is 5.41 Å². The highest BCUT2D eigenvalue weighted by Crippen LogP contribution is 2.65. The van der Waals surface area contributed by atoms with E-state index in [1.807, 2.05) is 18.7 Å². The number of rotatable bonds is 10. The number of morpholine rings is 1. The van der Waals surface area contributed by atoms with Crippen LogP contribution in [0.5, 0.6) is 17.2 Å². The average molecular weight is 842 g/mol. The third-order valence-electron chi connectivity index (χ3n) is 15.1. The molecule has 1 saturated heterocycles. The summed E-state index contributed by atoms with van der Waals surface area (Å²) in [5.74, 6) is 2.62. The van der Waals surface area contributed by atoms with Crippen LogP contribution in [0.15, 0.2) is 119 Å². The van der Waals surface area contributed by atoms with Gasteiger partial charge in [-0.1, -0.05) is 111 Å². The van der Waals surface area contributed by atoms with Crippen molar-refractivity contribution >= 4 is 34.3 Å². The summed E-state index contributed by atoms with van der Waals surface area (Å²) < 4.78 is 25.9. The van der Waals surface area contributed by atoms with Crippen LogP contribution in [-0.2, 0) is 15.8 Å². The Morgan fingerprint density at radius 2 is 1.42 bits per heavy atom. The first-order chi connectivity index (χ1) is 30.3. The van der Waals surface area contributed by atoms with E-state index in [0.717, 1.165) is 77.8 Å². The van der Waals surface area contributed by atoms with Crippen LogP contribution >= 0.6 is 11.8 Å². The van der Waals surface area contributed by atoms with Crippen molar-refractivity contribution in [3.63, 3.8) is 0 Å². The Morgan fingerprint density at radius 1 is 0.742 bits per heavy atom. The number of methoxy groups -OCH3 is 1. The summed E-state index contributed by atoms with van der Waals surface area (Å²) >= 11 is 1.81. The van der Waals surface area contributed by atoms with Crippen molar-refractivity contribution in [3.8, 4) is 28.4 Å². The molecule has 2 aliphatic carbocycles. The molecule has 0 amide bonds. The van der Waals surface area contributed by atoms with Crippen LogP contribution in [0.4, 0.5) is 5.69 Å². The smallest absolute Gasteiger partial charge is 0.178 e. The molecule has 6 aromatic rings. The molecule has 0 aromatic heterocycles. The lowest BCUT2D eigenvalue weighted by Crippen LogP contribution is -2.38. The molecule has 2 aliphatic heterocycles. The van der Waals surface area contributed by atoms with Gasteiger partial charge in [0, 0.05) is 51.2 Å². The molecule has 2 fully saturated rings. The normalized spacial score (nSPS) is 19.5. The summed E-state index contributed by atoms with van der Waals surface area (Å²) in [5, 5.41) is 2.30. The minimum atomic E-state index is -0.911. The molecule has 1 spiro atoms. The lowest BCUT2D eigenvalue weighted by Gasteiger charge is -2.47. The maximum absolute atomic E-state index is 7.90. The van der Waals surface area contributed by atoms with Crippen molar-refractivity contribution < 1.29 is 18.9 Å². The Kier molecular flexibility index (Phi) is 10.7. The van der Waals surface area contributed by atoms with Gasteiger partial charge in [-0.25, -0.2) is 0 Å². The van der Waals surface area contributed by atoms with Crippen LogP contribution in [-0.4, -0.2) is 40.0 Å². The van der Waals surface area contributed by atoms with Crippen molar-refractivity contribution in [2.45, 2.75) is 94.0 Å². The van der Waals surface area contributed by atoms with E-state index in [1.165, 1.54) is 80.6 Å². The molecule has 4 aliphatic rings. The zero-order valence-corrected chi connectivity index (χ0v) is 38.1. The largest absolute Gasteiger partial charge is 0.496 e. The monoisotopic (exact) mass is 841 g/mol. The number of hydrogen-bond acceptors (Lipinski definition) is 6. The van der Waals surface area contributed by atoms with E-state index >= 15 is 0 Å². The van der Waals surface area contributed by atoms with Gasteiger partial charge in [0.1, 0.15) is 17.2 Å². The second-order valence-corrected chi connectivity index (χ2v) is 19.0. The van der Waals surface area contributed by atoms with Gasteiger partial charge in [0.2, 0.25) is 0 Å². The molecule has 318 valence electrons. The first-order valence-corrected chi connectivity index (χ1v) is 23.7. The van der Waals surface area contributed by atoms with Gasteiger partial charge in [-0.2, -0.15) is 0 Å². The molecule has 5 nitrogen and oxygen atoms in total. The van der Waals surface area contributed by atoms with Crippen LogP contribution in [0.2, 0.25) is 0 Å². The van der Waals surface area contributed by atoms with Gasteiger partial charge < -0.3 is 23.8 Å². The van der Waals surface area contributed by atoms with Crippen molar-refractivity contribution in [2.24, 2.45) is 5.41 Å². The zero-order valence-electron chi connectivity index (χ0n) is 37.2. The van der Waals surface area contributed by atoms with Gasteiger partial charge in [0.25, 0.3) is 0 Å². The zero-order chi connectivity index (χ0) is 42.6. The van der Waals surface area contributed by atoms with Crippen LogP contribution in [0, 0.1) is 19.3 Å². The summed E-state index contributed by atoms with van der Waals surface area (Å²) in [5.41, 5.74) is 12.0. The molecule has 6 aromatic carbocycles. The fraction of sp³-hybridized carbons (Fsp3) is 0.357. The number of fused-ring (bicyclic) bond motifs is 10. The number of anilines is 1. The first-order valence-electron chi connectivity index (χ1n) is 22.9. The quantitative estimate of drug-likeness (QED) is 0.137. The van der Waals surface area contributed by atoms with E-state index in [1.54, 1.807) is 7.11 Å². The van der Waals surface area contributed by atoms with E-state index in [4.69, 9.17) is 18.9 Å². The van der Waals surface area contributed by atoms with Crippen molar-refractivity contribution in [3.05, 3.63) is 148 Å². The molecular formula is C56H59NO4S. The van der Waals surface area contributed by atoms with Crippen molar-refractivity contribution in [1.29, 1.82) is 0 Å². The Hall–Kier alpha value is -5.17. The van der Waals surface area contributed by atoms with Crippen molar-refractivity contribution in [1.82, 2.24) is 0 Å². The second-order valence-electron chi connectivity index (χ2n) is 18.0. The molecule has 2 heterocycles. The highest BCUT2D eigenvalue weighted by Gasteiger charge is 2.51. The Labute approximate surface area is 372 Å². The first kappa shape index (κ1) is 40.9. The molecular weight excluding hydrogens is 783 g/mol. The molecule has 6 heteroatoms. The molecule has 0 radical (unpaired) electrons. The average Bonchev–Trinajstić information content (AvgIpc) is 3.60. The summed E-state index contributed by atoms with van der Waals surface area (Å²) in [6, 6.07) is 38.1. The minimum Gasteiger partial charge on any atom is -0.496 e. The van der Waals surface area contributed by atoms with E-state index in [0.29, 0.717) is 12.0 Å². The summed E-state index contributed by atoms with van der Waals surface area (Å²) in [6.07, 6.45) is 11.9. The van der Waals surface area contributed by atoms with Gasteiger partial charge in [-0.3, -0.25) is 0 Å². The Morgan fingerprint density at radius 3 is 2.08 bits per heavy atom. The number of benzene rings is 6. The van der Waals surface area contributed by atoms with E-state index in [2.05, 4.69) is 148 Å². The molecule has 1 saturated carbocycles. The molecule has 10 rings (SSSR count). The maximum Gasteiger partial charge on any atom is 0.178 e. The molecule has 0 bridgehead atoms. The van der Waals surface area contributed by atoms with Gasteiger partial charge in [-0.05, 0) is 133 Å². The second kappa shape index (κ2) is 16.2. The Balaban J connectivity index is 1.23. The van der Waals surface area contributed by atoms with E-state index in [9.17, 15) is 0 Å². The number of ether oxygens (including phenoxy) is 4. The predicted octanol–water partition coefficient (Wildman–Crippen LogP) is 13.8. The summed E-state index contributed by atoms with van der Waals surface area (Å²) in [6.45, 7) is 15.1. The molecule has 0 N–H and O–H groups in total. The van der Waals surface area contributed by atoms with Gasteiger partial charge >= 0.3 is 0 Å². The van der Waals surface area contributed by atoms with Crippen LogP contribution in [0.1, 0.15) is 98.2 Å². The van der Waals surface area contributed by atoms with Gasteiger partial charge in [0.05, 0.1) is 31.8 Å². The predicted molar refractivity (Wildman–Crippen MR) is 256 cm³/mol. The number of hydrogen-bond donors (Lipinski definition) is 0. The third kappa shape index (κ3) is 6.54. The van der Waals surface area contributed by atoms with Gasteiger partial charge in [0.15, 0.2) is 5.60 Å². The highest BCUT2D eigenvalue weighted by molar-refractivity contribution is 7.99. The summed E-state index contributed by atoms with van der Waals surface area (Å²) in [7, 11) is 1.80. The third-order valence-corrected chi connectivity index (χ3v) is 16.5. The number of nitrogens with zero attached hydrogens (tertiary/aromatic N) is 1. The maximum atomic E-state index is 7.90. The lowest BCUT2D eigenvalue weighted by atomic mass is 9.58. The SMILES string of the molecule is CCOc1ccc(C2(c3ccc(N4CCOCC4)cc3)C=Cc3c4c(c5cc(Sc6c(C)cccc6C)c(OC)cc5c3O2)-c2ccccc2C42CCC(CC)(CC)CC2)cc1. The van der Waals surface area contributed by atoms with Crippen LogP contribution in [0.3, 0.4) is 0 Å². The lowest BCUT2D eigenvalue weighted by molar-refractivity contribution is 0.122. The van der Waals surface area contributed by atoms with Crippen molar-refractivity contribution in [2.75, 3.05) is 44.9 Å². The fourth-order valence-electron chi connectivity index (χ4n) is 11.4. The van der Waals surface area contributed by atoms with Crippen LogP contribution < -0.4 is 19.1 Å². The minimum absolute atomic E-state index is 0.121. The Bertz CT molecular complexity index is 2640. The standard InChI is InChI=1S/C56H59NO4S/c1-7-54(8-2)27-29-55(30-28-54)47-16-11-10-15-43(47)50-45-36-49(62-53-37(4)13-12-14-38(53)5)48(58-6)35-46(45)52-44(51(50)55)25-26-56(61-52,40-19-23-42(24-20-40)60-9-3)39-17-21-41(22-18-39)57-31-33-59-34-32-57/h10-26,35-36H,7-9,27-34H2,1-6H3. The topological polar surface area (TPSA) is 40.2 Å². The molecule has 1 unspecified atom stereocenters. The van der Waals surface area contributed by atoms with Gasteiger partial charge in [-0.15, -0.1) is 0 Å².